The van der Waals surface area contributed by atoms with E-state index in [9.17, 15) is 10.4 Å². The van der Waals surface area contributed by atoms with Crippen LogP contribution in [0.5, 0.6) is 0 Å². The Labute approximate surface area is 132 Å². The second-order valence-corrected chi connectivity index (χ2v) is 3.73. The van der Waals surface area contributed by atoms with E-state index >= 15 is 0 Å². The number of quaternary nitrogens is 2. The van der Waals surface area contributed by atoms with Crippen molar-refractivity contribution in [2.24, 2.45) is 0 Å². The molecule has 0 amide bonds. The molecule has 0 unspecified atom stereocenters. The zero-order valence-corrected chi connectivity index (χ0v) is 14.8. The van der Waals surface area contributed by atoms with Gasteiger partial charge in [-0.2, -0.15) is 0 Å². The molecule has 0 heterocycles. The van der Waals surface area contributed by atoms with Crippen molar-refractivity contribution in [3.63, 3.8) is 0 Å². The summed E-state index contributed by atoms with van der Waals surface area (Å²) < 4.78 is 0. The summed E-state index contributed by atoms with van der Waals surface area (Å²) in [6.45, 7) is 13.9. The van der Waals surface area contributed by atoms with Crippen LogP contribution < -0.4 is 0 Å². The normalized spacial score (nSPS) is 11.4. The maximum atomic E-state index is 11.2. The van der Waals surface area contributed by atoms with Gasteiger partial charge in [-0.3, -0.25) is 0 Å². The first-order valence-corrected chi connectivity index (χ1v) is 6.82. The van der Waals surface area contributed by atoms with Gasteiger partial charge in [0.2, 0.25) is 0 Å². The standard InChI is InChI=1S/2C6H15NO2.Ti/c2*1-4-7(8,5-2)9-6-3;/h2*4-6H2,1-3H3;. The Morgan fingerprint density at radius 3 is 0.895 bits per heavy atom. The van der Waals surface area contributed by atoms with Crippen LogP contribution in [0.4, 0.5) is 0 Å². The molecule has 0 rings (SSSR count). The summed E-state index contributed by atoms with van der Waals surface area (Å²) in [4.78, 5) is 8.78. The molecule has 0 aliphatic carbocycles. The van der Waals surface area contributed by atoms with Crippen LogP contribution in [0.3, 0.4) is 0 Å². The number of hydrogen-bond acceptors (Lipinski definition) is 4. The van der Waals surface area contributed by atoms with Gasteiger partial charge < -0.3 is 10.4 Å². The van der Waals surface area contributed by atoms with Crippen LogP contribution in [0, 0.1) is 10.4 Å². The minimum atomic E-state index is -0.517. The Bertz CT molecular complexity index is 169. The molecule has 0 saturated carbocycles. The van der Waals surface area contributed by atoms with Crippen molar-refractivity contribution in [1.29, 1.82) is 0 Å². The molecule has 0 aromatic carbocycles. The van der Waals surface area contributed by atoms with Crippen molar-refractivity contribution < 1.29 is 41.0 Å². The molecule has 0 aromatic heterocycles. The Morgan fingerprint density at radius 1 is 0.632 bits per heavy atom. The van der Waals surface area contributed by atoms with E-state index in [2.05, 4.69) is 0 Å². The van der Waals surface area contributed by atoms with Crippen molar-refractivity contribution in [1.82, 2.24) is 0 Å². The van der Waals surface area contributed by atoms with Gasteiger partial charge in [-0.25, -0.2) is 19.3 Å². The van der Waals surface area contributed by atoms with E-state index in [1.807, 2.05) is 41.5 Å². The molecule has 0 radical (unpaired) electrons. The third-order valence-electron chi connectivity index (χ3n) is 2.66. The fraction of sp³-hybridized carbons (Fsp3) is 1.00. The Hall–Kier alpha value is 0.474. The Morgan fingerprint density at radius 2 is 0.842 bits per heavy atom. The summed E-state index contributed by atoms with van der Waals surface area (Å²) in [6.07, 6.45) is 0. The second kappa shape index (κ2) is 13.5. The van der Waals surface area contributed by atoms with E-state index in [1.165, 1.54) is 0 Å². The van der Waals surface area contributed by atoms with E-state index in [0.29, 0.717) is 39.4 Å². The summed E-state index contributed by atoms with van der Waals surface area (Å²) in [5, 5.41) is 22.3. The summed E-state index contributed by atoms with van der Waals surface area (Å²) in [5.41, 5.74) is 0. The van der Waals surface area contributed by atoms with Crippen LogP contribution in [0.15, 0.2) is 0 Å². The summed E-state index contributed by atoms with van der Waals surface area (Å²) in [6, 6.07) is 0. The SMILES string of the molecule is CCO[N+]([O-])(CC)CC.CCO[N+]([O-])(CC)CC.[Ti]. The number of nitrogens with zero attached hydrogens (tertiary/aromatic N) is 2. The summed E-state index contributed by atoms with van der Waals surface area (Å²) in [7, 11) is 0. The monoisotopic (exact) mass is 314 g/mol. The van der Waals surface area contributed by atoms with Crippen LogP contribution in [0.2, 0.25) is 0 Å². The maximum Gasteiger partial charge on any atom is 0.106 e. The molecule has 0 bridgehead atoms. The van der Waals surface area contributed by atoms with Gasteiger partial charge in [-0.05, 0) is 41.5 Å². The third-order valence-corrected chi connectivity index (χ3v) is 2.66. The largest absolute Gasteiger partial charge is 0.598 e. The first-order chi connectivity index (χ1) is 8.36. The molecule has 0 atom stereocenters. The first-order valence-electron chi connectivity index (χ1n) is 6.82. The van der Waals surface area contributed by atoms with Gasteiger partial charge in [0, 0.05) is 21.7 Å². The fourth-order valence-corrected chi connectivity index (χ4v) is 1.28. The van der Waals surface area contributed by atoms with Gasteiger partial charge >= 0.3 is 0 Å². The Balaban J connectivity index is -0.000000256. The van der Waals surface area contributed by atoms with Crippen LogP contribution in [0.1, 0.15) is 41.5 Å². The van der Waals surface area contributed by atoms with Crippen LogP contribution in [-0.4, -0.2) is 49.0 Å². The Kier molecular flexibility index (Phi) is 17.3. The average molecular weight is 314 g/mol. The van der Waals surface area contributed by atoms with E-state index in [-0.39, 0.29) is 21.7 Å². The molecule has 19 heavy (non-hydrogen) atoms. The zero-order chi connectivity index (χ0) is 14.7. The van der Waals surface area contributed by atoms with Gasteiger partial charge in [0.15, 0.2) is 0 Å². The van der Waals surface area contributed by atoms with Gasteiger partial charge in [0.1, 0.15) is 39.4 Å². The smallest absolute Gasteiger partial charge is 0.106 e. The van der Waals surface area contributed by atoms with Crippen molar-refractivity contribution in [2.75, 3.05) is 39.4 Å². The summed E-state index contributed by atoms with van der Waals surface area (Å²) in [5.74, 6) is 0. The molecule has 6 nitrogen and oxygen atoms in total. The molecule has 0 spiro atoms. The van der Waals surface area contributed by atoms with Gasteiger partial charge in [0.25, 0.3) is 0 Å². The minimum absolute atomic E-state index is 0. The quantitative estimate of drug-likeness (QED) is 0.392. The fourth-order valence-electron chi connectivity index (χ4n) is 1.28. The minimum Gasteiger partial charge on any atom is -0.598 e. The van der Waals surface area contributed by atoms with E-state index < -0.39 is 9.62 Å². The van der Waals surface area contributed by atoms with E-state index in [1.54, 1.807) is 0 Å². The van der Waals surface area contributed by atoms with E-state index in [4.69, 9.17) is 9.68 Å². The van der Waals surface area contributed by atoms with Crippen molar-refractivity contribution in [3.8, 4) is 0 Å². The molecule has 116 valence electrons. The zero-order valence-electron chi connectivity index (χ0n) is 13.3. The molecule has 0 aromatic rings. The molecule has 0 N–H and O–H groups in total. The van der Waals surface area contributed by atoms with Crippen molar-refractivity contribution >= 4 is 0 Å². The van der Waals surface area contributed by atoms with Crippen LogP contribution >= 0.6 is 0 Å². The van der Waals surface area contributed by atoms with Gasteiger partial charge in [-0.1, -0.05) is 0 Å². The topological polar surface area (TPSA) is 64.6 Å². The molecule has 0 aliphatic heterocycles. The van der Waals surface area contributed by atoms with Gasteiger partial charge in [0.05, 0.1) is 0 Å². The number of hydrogen-bond donors (Lipinski definition) is 0. The third kappa shape index (κ3) is 12.0. The molecular weight excluding hydrogens is 284 g/mol. The molecule has 7 heteroatoms. The first kappa shape index (κ1) is 24.5. The molecular formula is C12H30N2O4Ti. The second-order valence-electron chi connectivity index (χ2n) is 3.73. The summed E-state index contributed by atoms with van der Waals surface area (Å²) >= 11 is 0. The van der Waals surface area contributed by atoms with Crippen LogP contribution in [-0.2, 0) is 31.4 Å². The number of hydroxylamine groups is 8. The maximum absolute atomic E-state index is 11.2. The molecule has 0 fully saturated rings. The average Bonchev–Trinajstić information content (AvgIpc) is 2.40. The van der Waals surface area contributed by atoms with Crippen LogP contribution in [0.25, 0.3) is 0 Å². The van der Waals surface area contributed by atoms with Gasteiger partial charge in [-0.15, -0.1) is 0 Å². The predicted octanol–water partition coefficient (Wildman–Crippen LogP) is 2.58. The predicted molar refractivity (Wildman–Crippen MR) is 72.7 cm³/mol. The molecule has 0 aliphatic rings. The van der Waals surface area contributed by atoms with Crippen molar-refractivity contribution in [3.05, 3.63) is 10.4 Å². The number of rotatable bonds is 8. The molecule has 0 saturated heterocycles. The van der Waals surface area contributed by atoms with E-state index in [0.717, 1.165) is 0 Å². The van der Waals surface area contributed by atoms with Crippen molar-refractivity contribution in [2.45, 2.75) is 41.5 Å².